The number of esters is 2. The summed E-state index contributed by atoms with van der Waals surface area (Å²) in [5.41, 5.74) is 1.37. The monoisotopic (exact) mass is 236 g/mol. The molecule has 17 heavy (non-hydrogen) atoms. The molecule has 0 saturated heterocycles. The second-order valence-electron chi connectivity index (χ2n) is 4.13. The molecule has 4 heteroatoms. The van der Waals surface area contributed by atoms with E-state index in [1.54, 1.807) is 13.8 Å². The van der Waals surface area contributed by atoms with Crippen LogP contribution in [-0.4, -0.2) is 25.2 Å². The molecular weight excluding hydrogens is 220 g/mol. The summed E-state index contributed by atoms with van der Waals surface area (Å²) in [4.78, 5) is 23.2. The molecule has 0 radical (unpaired) electrons. The van der Waals surface area contributed by atoms with Gasteiger partial charge < -0.3 is 9.47 Å². The third-order valence-corrected chi connectivity index (χ3v) is 3.09. The number of carbonyl (C=O) groups excluding carboxylic acids is 2. The van der Waals surface area contributed by atoms with Gasteiger partial charge in [-0.25, -0.2) is 9.59 Å². The second-order valence-corrected chi connectivity index (χ2v) is 4.13. The van der Waals surface area contributed by atoms with Crippen molar-refractivity contribution in [3.05, 3.63) is 23.3 Å². The molecular formula is C13H16O4. The molecule has 0 fully saturated rings. The van der Waals surface area contributed by atoms with Crippen LogP contribution in [0.25, 0.3) is 0 Å². The van der Waals surface area contributed by atoms with Crippen molar-refractivity contribution in [1.29, 1.82) is 0 Å². The van der Waals surface area contributed by atoms with Gasteiger partial charge in [-0.2, -0.15) is 0 Å². The van der Waals surface area contributed by atoms with Crippen LogP contribution >= 0.6 is 0 Å². The second kappa shape index (κ2) is 4.73. The Morgan fingerprint density at radius 3 is 1.76 bits per heavy atom. The molecule has 0 amide bonds. The van der Waals surface area contributed by atoms with Crippen LogP contribution in [0.3, 0.4) is 0 Å². The van der Waals surface area contributed by atoms with Crippen molar-refractivity contribution in [2.75, 3.05) is 13.2 Å². The zero-order valence-electron chi connectivity index (χ0n) is 10.1. The van der Waals surface area contributed by atoms with Crippen molar-refractivity contribution < 1.29 is 19.1 Å². The van der Waals surface area contributed by atoms with Crippen LogP contribution in [-0.2, 0) is 19.1 Å². The molecule has 2 rings (SSSR count). The molecule has 2 aliphatic rings. The normalized spacial score (nSPS) is 25.3. The van der Waals surface area contributed by atoms with Crippen molar-refractivity contribution in [2.24, 2.45) is 11.8 Å². The summed E-state index contributed by atoms with van der Waals surface area (Å²) in [6.07, 6.45) is 4.48. The number of hydrogen-bond donors (Lipinski definition) is 0. The average Bonchev–Trinajstić information content (AvgIpc) is 2.88. The summed E-state index contributed by atoms with van der Waals surface area (Å²) in [7, 11) is 0. The lowest BCUT2D eigenvalue weighted by Crippen LogP contribution is -2.15. The molecule has 2 bridgehead atoms. The van der Waals surface area contributed by atoms with Gasteiger partial charge in [0.05, 0.1) is 13.2 Å². The highest BCUT2D eigenvalue weighted by molar-refractivity contribution is 5.96. The molecule has 0 aliphatic heterocycles. The quantitative estimate of drug-likeness (QED) is 0.696. The molecule has 2 aliphatic carbocycles. The maximum Gasteiger partial charge on any atom is 0.334 e. The van der Waals surface area contributed by atoms with Gasteiger partial charge in [0.1, 0.15) is 0 Å². The van der Waals surface area contributed by atoms with E-state index in [4.69, 9.17) is 9.47 Å². The standard InChI is InChI=1S/C13H16O4/c1-3-16-12(14)10-6-9-5-8(10)7-11(9)13(15)17-4-2/h6-9H,3-5H2,1-2H3. The summed E-state index contributed by atoms with van der Waals surface area (Å²) in [6, 6.07) is 0. The first-order valence-electron chi connectivity index (χ1n) is 5.95. The van der Waals surface area contributed by atoms with E-state index in [1.807, 2.05) is 12.2 Å². The number of rotatable bonds is 4. The fourth-order valence-corrected chi connectivity index (χ4v) is 2.39. The Bertz CT molecular complexity index is 368. The SMILES string of the molecule is CCOC(=O)C1=CC2CC1C=C2C(=O)OCC. The Balaban J connectivity index is 2.05. The van der Waals surface area contributed by atoms with Gasteiger partial charge in [0.15, 0.2) is 0 Å². The number of ether oxygens (including phenoxy) is 2. The summed E-state index contributed by atoms with van der Waals surface area (Å²) in [6.45, 7) is 4.32. The Morgan fingerprint density at radius 2 is 1.47 bits per heavy atom. The van der Waals surface area contributed by atoms with E-state index >= 15 is 0 Å². The Morgan fingerprint density at radius 1 is 1.06 bits per heavy atom. The van der Waals surface area contributed by atoms with Crippen LogP contribution in [0.4, 0.5) is 0 Å². The lowest BCUT2D eigenvalue weighted by atomic mass is 9.99. The highest BCUT2D eigenvalue weighted by Crippen LogP contribution is 2.43. The third kappa shape index (κ3) is 2.12. The van der Waals surface area contributed by atoms with E-state index in [2.05, 4.69) is 0 Å². The van der Waals surface area contributed by atoms with E-state index in [1.165, 1.54) is 0 Å². The zero-order chi connectivity index (χ0) is 12.4. The first-order chi connectivity index (χ1) is 8.17. The molecule has 92 valence electrons. The van der Waals surface area contributed by atoms with Gasteiger partial charge >= 0.3 is 11.9 Å². The molecule has 2 unspecified atom stereocenters. The Kier molecular flexibility index (Phi) is 3.31. The molecule has 0 aromatic rings. The molecule has 0 spiro atoms. The van der Waals surface area contributed by atoms with E-state index in [0.717, 1.165) is 6.42 Å². The summed E-state index contributed by atoms with van der Waals surface area (Å²) in [5.74, 6) is -0.477. The van der Waals surface area contributed by atoms with Gasteiger partial charge in [0.25, 0.3) is 0 Å². The highest BCUT2D eigenvalue weighted by Gasteiger charge is 2.40. The molecule has 2 atom stereocenters. The average molecular weight is 236 g/mol. The van der Waals surface area contributed by atoms with Gasteiger partial charge in [-0.05, 0) is 20.3 Å². The zero-order valence-corrected chi connectivity index (χ0v) is 10.1. The summed E-state index contributed by atoms with van der Waals surface area (Å²) >= 11 is 0. The van der Waals surface area contributed by atoms with Crippen LogP contribution in [0.2, 0.25) is 0 Å². The number of hydrogen-bond acceptors (Lipinski definition) is 4. The molecule has 0 aromatic carbocycles. The lowest BCUT2D eigenvalue weighted by Gasteiger charge is -2.11. The van der Waals surface area contributed by atoms with Crippen molar-refractivity contribution in [3.63, 3.8) is 0 Å². The van der Waals surface area contributed by atoms with Crippen LogP contribution < -0.4 is 0 Å². The first-order valence-corrected chi connectivity index (χ1v) is 5.95. The number of allylic oxidation sites excluding steroid dienone is 2. The molecule has 0 aromatic heterocycles. The fraction of sp³-hybridized carbons (Fsp3) is 0.538. The number of carbonyl (C=O) groups is 2. The topological polar surface area (TPSA) is 52.6 Å². The van der Waals surface area contributed by atoms with E-state index in [-0.39, 0.29) is 23.8 Å². The number of fused-ring (bicyclic) bond motifs is 2. The van der Waals surface area contributed by atoms with Gasteiger partial charge in [0, 0.05) is 23.0 Å². The third-order valence-electron chi connectivity index (χ3n) is 3.09. The van der Waals surface area contributed by atoms with Gasteiger partial charge in [-0.15, -0.1) is 0 Å². The maximum atomic E-state index is 11.6. The Labute approximate surface area is 100 Å². The highest BCUT2D eigenvalue weighted by atomic mass is 16.5. The molecule has 4 nitrogen and oxygen atoms in total. The maximum absolute atomic E-state index is 11.6. The summed E-state index contributed by atoms with van der Waals surface area (Å²) < 4.78 is 9.94. The van der Waals surface area contributed by atoms with Crippen molar-refractivity contribution >= 4 is 11.9 Å². The van der Waals surface area contributed by atoms with Crippen LogP contribution in [0, 0.1) is 11.8 Å². The lowest BCUT2D eigenvalue weighted by molar-refractivity contribution is -0.140. The Hall–Kier alpha value is -1.58. The van der Waals surface area contributed by atoms with Crippen LogP contribution in [0.1, 0.15) is 20.3 Å². The van der Waals surface area contributed by atoms with Gasteiger partial charge in [0.2, 0.25) is 0 Å². The van der Waals surface area contributed by atoms with Gasteiger partial charge in [-0.3, -0.25) is 0 Å². The van der Waals surface area contributed by atoms with Gasteiger partial charge in [-0.1, -0.05) is 12.2 Å². The van der Waals surface area contributed by atoms with Crippen molar-refractivity contribution in [3.8, 4) is 0 Å². The first kappa shape index (κ1) is 11.9. The molecule has 0 saturated carbocycles. The van der Waals surface area contributed by atoms with E-state index in [9.17, 15) is 9.59 Å². The smallest absolute Gasteiger partial charge is 0.334 e. The van der Waals surface area contributed by atoms with Crippen LogP contribution in [0.5, 0.6) is 0 Å². The largest absolute Gasteiger partial charge is 0.463 e. The molecule has 0 N–H and O–H groups in total. The molecule has 0 heterocycles. The minimum atomic E-state index is -0.265. The van der Waals surface area contributed by atoms with Crippen molar-refractivity contribution in [1.82, 2.24) is 0 Å². The predicted molar refractivity (Wildman–Crippen MR) is 61.0 cm³/mol. The summed E-state index contributed by atoms with van der Waals surface area (Å²) in [5, 5.41) is 0. The predicted octanol–water partition coefficient (Wildman–Crippen LogP) is 1.62. The minimum absolute atomic E-state index is 0.0263. The minimum Gasteiger partial charge on any atom is -0.463 e. The van der Waals surface area contributed by atoms with E-state index < -0.39 is 0 Å². The van der Waals surface area contributed by atoms with Crippen molar-refractivity contribution in [2.45, 2.75) is 20.3 Å². The fourth-order valence-electron chi connectivity index (χ4n) is 2.39. The van der Waals surface area contributed by atoms with E-state index in [0.29, 0.717) is 24.4 Å². The van der Waals surface area contributed by atoms with Crippen LogP contribution in [0.15, 0.2) is 23.3 Å².